The van der Waals surface area contributed by atoms with E-state index in [1.54, 1.807) is 0 Å². The van der Waals surface area contributed by atoms with Crippen LogP contribution in [-0.2, 0) is 20.2 Å². The number of carbonyl (C=O) groups excluding carboxylic acids is 1. The molecule has 238 valence electrons. The maximum atomic E-state index is 13.8. The van der Waals surface area contributed by atoms with Crippen molar-refractivity contribution in [2.24, 2.45) is 5.92 Å². The van der Waals surface area contributed by atoms with Gasteiger partial charge >= 0.3 is 6.18 Å². The van der Waals surface area contributed by atoms with Crippen LogP contribution < -0.4 is 23.8 Å². The molecule has 2 aromatic carbocycles. The zero-order valence-electron chi connectivity index (χ0n) is 23.1. The number of hydrogen-bond donors (Lipinski definition) is 1. The second kappa shape index (κ2) is 11.6. The highest BCUT2D eigenvalue weighted by atomic mass is 35.5. The molecule has 1 fully saturated rings. The number of ether oxygens (including phenoxy) is 1. The van der Waals surface area contributed by atoms with Crippen molar-refractivity contribution in [3.8, 4) is 5.75 Å². The van der Waals surface area contributed by atoms with Crippen molar-refractivity contribution in [3.63, 3.8) is 0 Å². The lowest BCUT2D eigenvalue weighted by Gasteiger charge is -2.42. The number of sulfonamides is 1. The van der Waals surface area contributed by atoms with Crippen LogP contribution in [-0.4, -0.2) is 71.2 Å². The third-order valence-corrected chi connectivity index (χ3v) is 10.9. The number of halogens is 5. The number of hydrogen-bond acceptors (Lipinski definition) is 7. The smallest absolute Gasteiger partial charge is 0.411 e. The maximum absolute atomic E-state index is 13.8. The van der Waals surface area contributed by atoms with Crippen LogP contribution >= 0.6 is 11.6 Å². The third kappa shape index (κ3) is 6.50. The molecule has 18 heteroatoms. The van der Waals surface area contributed by atoms with Crippen LogP contribution in [0.25, 0.3) is 0 Å². The van der Waals surface area contributed by atoms with Gasteiger partial charge in [-0.2, -0.15) is 30.6 Å². The molecule has 1 saturated heterocycles. The minimum absolute atomic E-state index is 0.0654. The second-order valence-electron chi connectivity index (χ2n) is 10.8. The van der Waals surface area contributed by atoms with E-state index in [1.165, 1.54) is 4.31 Å². The van der Waals surface area contributed by atoms with Gasteiger partial charge in [0, 0.05) is 18.8 Å². The summed E-state index contributed by atoms with van der Waals surface area (Å²) in [4.78, 5) is 11.4. The summed E-state index contributed by atoms with van der Waals surface area (Å²) in [5.41, 5.74) is -3.92. The van der Waals surface area contributed by atoms with E-state index in [2.05, 4.69) is 4.72 Å². The van der Waals surface area contributed by atoms with Crippen LogP contribution in [0.4, 0.5) is 33.7 Å². The Morgan fingerprint density at radius 3 is 2.37 bits per heavy atom. The number of anilines is 2. The van der Waals surface area contributed by atoms with E-state index in [9.17, 15) is 44.3 Å². The molecule has 2 heterocycles. The molecule has 1 unspecified atom stereocenters. The molecule has 2 atom stereocenters. The molecule has 0 spiro atoms. The second-order valence-corrected chi connectivity index (χ2v) is 14.8. The van der Waals surface area contributed by atoms with E-state index in [1.807, 2.05) is 6.92 Å². The first kappa shape index (κ1) is 33.0. The quantitative estimate of drug-likeness (QED) is 0.426. The predicted octanol–water partition coefficient (Wildman–Crippen LogP) is 3.10. The number of amides is 1. The SMILES string of the molecule is CC1CCN(S(=O)(=O)NC[C@H]2CN(S(=O)(=O)c3ccc(F)c(Cl)c3)c3cc(N(C(=O)[O-])C(C)(C)C(F)(F)F)ccc3O2)C1. The maximum Gasteiger partial charge on any atom is 0.411 e. The molecule has 11 nitrogen and oxygen atoms in total. The molecule has 0 bridgehead atoms. The highest BCUT2D eigenvalue weighted by Gasteiger charge is 2.52. The monoisotopic (exact) mass is 671 g/mol. The molecular formula is C25H28ClF4N4O7S2-. The topological polar surface area (TPSA) is 139 Å². The van der Waals surface area contributed by atoms with Crippen molar-refractivity contribution < 1.29 is 49.0 Å². The van der Waals surface area contributed by atoms with E-state index in [0.717, 1.165) is 36.4 Å². The Morgan fingerprint density at radius 1 is 1.14 bits per heavy atom. The number of rotatable bonds is 8. The van der Waals surface area contributed by atoms with Crippen LogP contribution in [0.1, 0.15) is 27.2 Å². The van der Waals surface area contributed by atoms with Gasteiger partial charge in [0.15, 0.2) is 0 Å². The summed E-state index contributed by atoms with van der Waals surface area (Å²) >= 11 is 5.81. The van der Waals surface area contributed by atoms with E-state index in [0.29, 0.717) is 37.7 Å². The number of nitrogens with one attached hydrogen (secondary N) is 1. The molecular weight excluding hydrogens is 644 g/mol. The first-order valence-corrected chi connectivity index (χ1v) is 16.1. The van der Waals surface area contributed by atoms with Gasteiger partial charge in [0.2, 0.25) is 0 Å². The molecule has 1 N–H and O–H groups in total. The summed E-state index contributed by atoms with van der Waals surface area (Å²) in [6.45, 7) is 2.75. The number of fused-ring (bicyclic) bond motifs is 1. The number of benzene rings is 2. The normalized spacial score (nSPS) is 20.0. The molecule has 0 saturated carbocycles. The zero-order valence-corrected chi connectivity index (χ0v) is 25.4. The number of carbonyl (C=O) groups is 1. The summed E-state index contributed by atoms with van der Waals surface area (Å²) in [7, 11) is -8.59. The molecule has 0 aliphatic carbocycles. The lowest BCUT2D eigenvalue weighted by atomic mass is 10.0. The van der Waals surface area contributed by atoms with Crippen LogP contribution in [0, 0.1) is 11.7 Å². The van der Waals surface area contributed by atoms with Crippen molar-refractivity contribution in [2.75, 3.05) is 35.4 Å². The molecule has 43 heavy (non-hydrogen) atoms. The average molecular weight is 672 g/mol. The van der Waals surface area contributed by atoms with E-state index < -0.39 is 78.7 Å². The van der Waals surface area contributed by atoms with Crippen molar-refractivity contribution in [2.45, 2.75) is 49.9 Å². The van der Waals surface area contributed by atoms with E-state index in [-0.39, 0.29) is 22.3 Å². The average Bonchev–Trinajstić information content (AvgIpc) is 3.35. The number of carboxylic acid groups (broad SMARTS) is 1. The fourth-order valence-corrected chi connectivity index (χ4v) is 7.87. The van der Waals surface area contributed by atoms with Crippen molar-refractivity contribution in [1.29, 1.82) is 0 Å². The highest BCUT2D eigenvalue weighted by Crippen LogP contribution is 2.43. The van der Waals surface area contributed by atoms with Crippen molar-refractivity contribution >= 4 is 49.3 Å². The predicted molar refractivity (Wildman–Crippen MR) is 147 cm³/mol. The third-order valence-electron chi connectivity index (χ3n) is 7.27. The van der Waals surface area contributed by atoms with Gasteiger partial charge in [0.1, 0.15) is 29.3 Å². The van der Waals surface area contributed by atoms with Gasteiger partial charge in [0.25, 0.3) is 20.2 Å². The molecule has 2 aliphatic rings. The molecule has 0 aromatic heterocycles. The summed E-state index contributed by atoms with van der Waals surface area (Å²) in [6.07, 6.45) is -7.73. The Kier molecular flexibility index (Phi) is 8.89. The van der Waals surface area contributed by atoms with Crippen molar-refractivity contribution in [1.82, 2.24) is 9.03 Å². The summed E-state index contributed by atoms with van der Waals surface area (Å²) in [5, 5.41) is 11.4. The fourth-order valence-electron chi connectivity index (χ4n) is 4.72. The van der Waals surface area contributed by atoms with E-state index >= 15 is 0 Å². The summed E-state index contributed by atoms with van der Waals surface area (Å²) in [5.74, 6) is -0.962. The standard InChI is InChI=1S/C25H29ClF4N4O7S2/c1-15-8-9-32(13-15)43(39,40)31-12-17-14-33(42(37,38)18-5-6-20(27)19(26)11-18)21-10-16(4-7-22(21)41-17)34(23(35)36)24(2,3)25(28,29)30/h4-7,10-11,15,17,31H,8-9,12-14H2,1-3H3,(H,35,36)/p-1/t15?,17-/m0/s1. The van der Waals surface area contributed by atoms with Gasteiger partial charge in [-0.15, -0.1) is 0 Å². The zero-order chi connectivity index (χ0) is 32.1. The molecule has 2 aliphatic heterocycles. The first-order chi connectivity index (χ1) is 19.8. The van der Waals surface area contributed by atoms with Crippen LogP contribution in [0.2, 0.25) is 5.02 Å². The molecule has 1 amide bonds. The van der Waals surface area contributed by atoms with Crippen LogP contribution in [0.15, 0.2) is 41.3 Å². The van der Waals surface area contributed by atoms with Gasteiger partial charge in [-0.25, -0.2) is 12.8 Å². The number of alkyl halides is 3. The van der Waals surface area contributed by atoms with Gasteiger partial charge in [-0.05, 0) is 62.6 Å². The lowest BCUT2D eigenvalue weighted by Crippen LogP contribution is -2.60. The summed E-state index contributed by atoms with van der Waals surface area (Å²) in [6, 6.07) is 5.46. The number of nitrogens with zero attached hydrogens (tertiary/aromatic N) is 3. The Bertz CT molecular complexity index is 1620. The fraction of sp³-hybridized carbons (Fsp3) is 0.480. The van der Waals surface area contributed by atoms with Crippen LogP contribution in [0.3, 0.4) is 0 Å². The van der Waals surface area contributed by atoms with Gasteiger partial charge < -0.3 is 19.5 Å². The van der Waals surface area contributed by atoms with E-state index in [4.69, 9.17) is 16.3 Å². The largest absolute Gasteiger partial charge is 0.530 e. The molecule has 2 aromatic rings. The van der Waals surface area contributed by atoms with Gasteiger partial charge in [-0.3, -0.25) is 4.31 Å². The minimum atomic E-state index is -5.05. The minimum Gasteiger partial charge on any atom is -0.530 e. The van der Waals surface area contributed by atoms with Crippen LogP contribution in [0.5, 0.6) is 5.75 Å². The Balaban J connectivity index is 1.76. The lowest BCUT2D eigenvalue weighted by molar-refractivity contribution is -0.254. The van der Waals surface area contributed by atoms with Gasteiger partial charge in [0.05, 0.1) is 28.7 Å². The Hall–Kier alpha value is -2.86. The highest BCUT2D eigenvalue weighted by molar-refractivity contribution is 7.92. The first-order valence-electron chi connectivity index (χ1n) is 12.9. The molecule has 0 radical (unpaired) electrons. The Morgan fingerprint density at radius 2 is 1.81 bits per heavy atom. The summed E-state index contributed by atoms with van der Waals surface area (Å²) < 4.78 is 119. The van der Waals surface area contributed by atoms with Crippen molar-refractivity contribution in [3.05, 3.63) is 47.2 Å². The Labute approximate surface area is 251 Å². The van der Waals surface area contributed by atoms with Gasteiger partial charge in [-0.1, -0.05) is 18.5 Å². The molecule has 4 rings (SSSR count).